The fourth-order valence-electron chi connectivity index (χ4n) is 3.75. The number of piperidine rings is 1. The van der Waals surface area contributed by atoms with Gasteiger partial charge < -0.3 is 20.1 Å². The molecular formula is C17H27ClIN3O2S. The zero-order valence-electron chi connectivity index (χ0n) is 14.5. The van der Waals surface area contributed by atoms with Crippen LogP contribution in [0.5, 0.6) is 0 Å². The summed E-state index contributed by atoms with van der Waals surface area (Å²) in [5.41, 5.74) is 0.272. The van der Waals surface area contributed by atoms with Gasteiger partial charge in [0.2, 0.25) is 0 Å². The van der Waals surface area contributed by atoms with E-state index in [1.54, 1.807) is 7.05 Å². The smallest absolute Gasteiger partial charge is 0.193 e. The van der Waals surface area contributed by atoms with E-state index in [0.717, 1.165) is 50.0 Å². The molecule has 8 heteroatoms. The summed E-state index contributed by atoms with van der Waals surface area (Å²) in [5.74, 6) is 0.862. The molecular weight excluding hydrogens is 473 g/mol. The lowest BCUT2D eigenvalue weighted by Crippen LogP contribution is -2.53. The minimum atomic E-state index is -0.573. The molecule has 2 fully saturated rings. The highest BCUT2D eigenvalue weighted by molar-refractivity contribution is 14.0. The molecule has 3 rings (SSSR count). The Labute approximate surface area is 175 Å². The molecule has 5 nitrogen and oxygen atoms in total. The number of aliphatic hydroxyl groups excluding tert-OH is 1. The van der Waals surface area contributed by atoms with Crippen molar-refractivity contribution in [2.75, 3.05) is 39.9 Å². The molecule has 25 heavy (non-hydrogen) atoms. The van der Waals surface area contributed by atoms with E-state index < -0.39 is 6.10 Å². The maximum atomic E-state index is 10.3. The number of hydrogen-bond acceptors (Lipinski definition) is 4. The normalized spacial score (nSPS) is 25.6. The Balaban J connectivity index is 0.00000225. The lowest BCUT2D eigenvalue weighted by atomic mass is 9.76. The molecule has 2 aliphatic heterocycles. The highest BCUT2D eigenvalue weighted by atomic mass is 127. The van der Waals surface area contributed by atoms with Crippen molar-refractivity contribution in [2.45, 2.75) is 31.8 Å². The average Bonchev–Trinajstić information content (AvgIpc) is 3.03. The molecule has 2 unspecified atom stereocenters. The summed E-state index contributed by atoms with van der Waals surface area (Å²) in [6.45, 7) is 4.17. The van der Waals surface area contributed by atoms with E-state index in [-0.39, 0.29) is 29.4 Å². The highest BCUT2D eigenvalue weighted by Gasteiger charge is 2.38. The molecule has 2 N–H and O–H groups in total. The number of aliphatic imine (C=N–C) groups is 1. The van der Waals surface area contributed by atoms with E-state index in [2.05, 4.69) is 15.2 Å². The Bertz CT molecular complexity index is 572. The van der Waals surface area contributed by atoms with Crippen LogP contribution in [0.4, 0.5) is 0 Å². The van der Waals surface area contributed by atoms with Crippen LogP contribution >= 0.6 is 46.9 Å². The molecule has 2 saturated heterocycles. The van der Waals surface area contributed by atoms with Gasteiger partial charge >= 0.3 is 0 Å². The molecule has 0 amide bonds. The van der Waals surface area contributed by atoms with Crippen LogP contribution in [-0.2, 0) is 4.74 Å². The first-order valence-corrected chi connectivity index (χ1v) is 9.78. The fourth-order valence-corrected chi connectivity index (χ4v) is 4.80. The number of likely N-dealkylation sites (tertiary alicyclic amines) is 1. The van der Waals surface area contributed by atoms with Crippen molar-refractivity contribution in [3.05, 3.63) is 21.3 Å². The van der Waals surface area contributed by atoms with E-state index in [1.165, 1.54) is 24.2 Å². The number of thiophene rings is 1. The molecule has 0 bridgehead atoms. The Morgan fingerprint density at radius 2 is 2.28 bits per heavy atom. The highest BCUT2D eigenvalue weighted by Crippen LogP contribution is 2.37. The summed E-state index contributed by atoms with van der Waals surface area (Å²) in [6, 6.07) is 3.69. The van der Waals surface area contributed by atoms with E-state index in [4.69, 9.17) is 16.3 Å². The fraction of sp³-hybridized carbons (Fsp3) is 0.706. The second kappa shape index (κ2) is 9.73. The van der Waals surface area contributed by atoms with Gasteiger partial charge in [-0.3, -0.25) is 4.99 Å². The Morgan fingerprint density at radius 3 is 2.92 bits per heavy atom. The second-order valence-corrected chi connectivity index (χ2v) is 8.51. The van der Waals surface area contributed by atoms with Gasteiger partial charge in [-0.15, -0.1) is 35.3 Å². The lowest BCUT2D eigenvalue weighted by Gasteiger charge is -2.45. The number of nitrogens with zero attached hydrogens (tertiary/aromatic N) is 2. The molecule has 0 aliphatic carbocycles. The molecule has 1 aromatic heterocycles. The summed E-state index contributed by atoms with van der Waals surface area (Å²) in [6.07, 6.45) is 4.20. The number of ether oxygens (including phenoxy) is 1. The molecule has 142 valence electrons. The van der Waals surface area contributed by atoms with Crippen LogP contribution in [0.15, 0.2) is 17.1 Å². The van der Waals surface area contributed by atoms with Crippen molar-refractivity contribution in [1.29, 1.82) is 0 Å². The Kier molecular flexibility index (Phi) is 8.26. The van der Waals surface area contributed by atoms with Crippen molar-refractivity contribution in [1.82, 2.24) is 10.2 Å². The third-order valence-electron chi connectivity index (χ3n) is 4.95. The van der Waals surface area contributed by atoms with Crippen LogP contribution in [0, 0.1) is 5.41 Å². The number of rotatable bonds is 3. The minimum Gasteiger partial charge on any atom is -0.386 e. The first-order chi connectivity index (χ1) is 11.6. The summed E-state index contributed by atoms with van der Waals surface area (Å²) >= 11 is 7.36. The maximum Gasteiger partial charge on any atom is 0.193 e. The molecule has 1 spiro atoms. The van der Waals surface area contributed by atoms with Gasteiger partial charge in [-0.2, -0.15) is 0 Å². The van der Waals surface area contributed by atoms with E-state index >= 15 is 0 Å². The summed E-state index contributed by atoms with van der Waals surface area (Å²) in [5, 5.41) is 13.6. The van der Waals surface area contributed by atoms with Crippen LogP contribution in [-0.4, -0.2) is 55.9 Å². The van der Waals surface area contributed by atoms with E-state index in [0.29, 0.717) is 10.9 Å². The predicted molar refractivity (Wildman–Crippen MR) is 114 cm³/mol. The van der Waals surface area contributed by atoms with Crippen LogP contribution in [0.3, 0.4) is 0 Å². The van der Waals surface area contributed by atoms with Crippen molar-refractivity contribution in [3.63, 3.8) is 0 Å². The van der Waals surface area contributed by atoms with E-state index in [1.807, 2.05) is 12.1 Å². The zero-order chi connectivity index (χ0) is 17.0. The number of nitrogens with one attached hydrogen (secondary N) is 1. The van der Waals surface area contributed by atoms with Gasteiger partial charge in [-0.05, 0) is 37.8 Å². The van der Waals surface area contributed by atoms with Gasteiger partial charge in [0.15, 0.2) is 5.96 Å². The number of halogens is 2. The molecule has 0 radical (unpaired) electrons. The van der Waals surface area contributed by atoms with Gasteiger partial charge in [0.25, 0.3) is 0 Å². The first kappa shape index (κ1) is 21.2. The van der Waals surface area contributed by atoms with Gasteiger partial charge in [0.1, 0.15) is 6.10 Å². The number of hydrogen-bond donors (Lipinski definition) is 2. The molecule has 3 heterocycles. The monoisotopic (exact) mass is 499 g/mol. The van der Waals surface area contributed by atoms with Gasteiger partial charge in [-0.1, -0.05) is 11.6 Å². The van der Waals surface area contributed by atoms with Crippen LogP contribution in [0.2, 0.25) is 4.34 Å². The summed E-state index contributed by atoms with van der Waals surface area (Å²) < 4.78 is 6.44. The third-order valence-corrected chi connectivity index (χ3v) is 6.29. The first-order valence-electron chi connectivity index (χ1n) is 8.59. The van der Waals surface area contributed by atoms with Crippen molar-refractivity contribution < 1.29 is 9.84 Å². The van der Waals surface area contributed by atoms with Gasteiger partial charge in [0.05, 0.1) is 10.9 Å². The molecule has 2 atom stereocenters. The molecule has 0 saturated carbocycles. The standard InChI is InChI=1S/C17H26ClN3O2S.HI/c1-19-16(20-10-13(22)14-4-5-15(18)24-14)21-8-2-6-17(11-21)7-3-9-23-12-17;/h4-5,13,22H,2-3,6-12H2,1H3,(H,19,20);1H. The minimum absolute atomic E-state index is 0. The van der Waals surface area contributed by atoms with Crippen molar-refractivity contribution in [2.24, 2.45) is 10.4 Å². The van der Waals surface area contributed by atoms with Crippen LogP contribution in [0.25, 0.3) is 0 Å². The largest absolute Gasteiger partial charge is 0.386 e. The SMILES string of the molecule is CN=C(NCC(O)c1ccc(Cl)s1)N1CCCC2(CCCOC2)C1.I. The van der Waals surface area contributed by atoms with Crippen LogP contribution < -0.4 is 5.32 Å². The molecule has 1 aromatic rings. The lowest BCUT2D eigenvalue weighted by molar-refractivity contribution is -0.0371. The number of guanidine groups is 1. The number of aliphatic hydroxyl groups is 1. The summed E-state index contributed by atoms with van der Waals surface area (Å²) in [7, 11) is 1.80. The van der Waals surface area contributed by atoms with E-state index in [9.17, 15) is 5.11 Å². The van der Waals surface area contributed by atoms with Crippen LogP contribution in [0.1, 0.15) is 36.7 Å². The van der Waals surface area contributed by atoms with Gasteiger partial charge in [-0.25, -0.2) is 0 Å². The quantitative estimate of drug-likeness (QED) is 0.380. The summed E-state index contributed by atoms with van der Waals surface area (Å²) in [4.78, 5) is 7.60. The Morgan fingerprint density at radius 1 is 1.48 bits per heavy atom. The topological polar surface area (TPSA) is 57.1 Å². The van der Waals surface area contributed by atoms with Crippen molar-refractivity contribution >= 4 is 52.9 Å². The van der Waals surface area contributed by atoms with Crippen molar-refractivity contribution in [3.8, 4) is 0 Å². The van der Waals surface area contributed by atoms with Gasteiger partial charge in [0, 0.05) is 43.6 Å². The Hall–Kier alpha value is -0.0900. The molecule has 0 aromatic carbocycles. The zero-order valence-corrected chi connectivity index (χ0v) is 18.4. The maximum absolute atomic E-state index is 10.3. The third kappa shape index (κ3) is 5.45. The average molecular weight is 500 g/mol. The molecule has 2 aliphatic rings. The second-order valence-electron chi connectivity index (χ2n) is 6.77. The predicted octanol–water partition coefficient (Wildman–Crippen LogP) is 3.52.